The molecule has 3 nitrogen and oxygen atoms in total. The van der Waals surface area contributed by atoms with Crippen molar-refractivity contribution in [1.29, 1.82) is 0 Å². The molecule has 2 N–H and O–H groups in total. The van der Waals surface area contributed by atoms with Gasteiger partial charge >= 0.3 is 0 Å². The third-order valence-electron chi connectivity index (χ3n) is 1.94. The molecule has 0 heterocycles. The third-order valence-corrected chi connectivity index (χ3v) is 3.09. The lowest BCUT2D eigenvalue weighted by molar-refractivity contribution is -0.122. The van der Waals surface area contributed by atoms with Crippen LogP contribution in [0, 0.1) is 0 Å². The fourth-order valence-corrected chi connectivity index (χ4v) is 2.26. The normalized spacial score (nSPS) is 12.5. The van der Waals surface area contributed by atoms with E-state index in [1.54, 1.807) is 7.05 Å². The molecule has 0 bridgehead atoms. The number of rotatable bonds is 8. The highest BCUT2D eigenvalue weighted by atomic mass is 32.2. The Kier molecular flexibility index (Phi) is 9.19. The molecule has 0 saturated carbocycles. The van der Waals surface area contributed by atoms with Crippen molar-refractivity contribution in [2.75, 3.05) is 25.1 Å². The summed E-state index contributed by atoms with van der Waals surface area (Å²) >= 11 is 1.85. The molecule has 0 aromatic rings. The molecule has 84 valence electrons. The molecular weight excluding hydrogens is 196 g/mol. The second kappa shape index (κ2) is 9.34. The molecule has 4 heteroatoms. The molecular formula is C10H22N2OS. The van der Waals surface area contributed by atoms with E-state index in [4.69, 9.17) is 0 Å². The Morgan fingerprint density at radius 2 is 2.14 bits per heavy atom. The molecule has 1 unspecified atom stereocenters. The quantitative estimate of drug-likeness (QED) is 0.602. The maximum atomic E-state index is 11.4. The van der Waals surface area contributed by atoms with Crippen LogP contribution in [0.25, 0.3) is 0 Å². The van der Waals surface area contributed by atoms with Crippen LogP contribution in [0.5, 0.6) is 0 Å². The van der Waals surface area contributed by atoms with Gasteiger partial charge in [0.25, 0.3) is 0 Å². The first-order chi connectivity index (χ1) is 6.76. The van der Waals surface area contributed by atoms with Gasteiger partial charge in [0.2, 0.25) is 5.91 Å². The summed E-state index contributed by atoms with van der Waals surface area (Å²) in [7, 11) is 1.68. The molecule has 1 atom stereocenters. The molecule has 0 saturated heterocycles. The minimum absolute atomic E-state index is 0.0353. The van der Waals surface area contributed by atoms with Gasteiger partial charge in [-0.3, -0.25) is 4.79 Å². The zero-order valence-electron chi connectivity index (χ0n) is 9.43. The Balaban J connectivity index is 3.67. The minimum atomic E-state index is -0.0353. The first kappa shape index (κ1) is 13.8. The predicted molar refractivity (Wildman–Crippen MR) is 63.8 cm³/mol. The van der Waals surface area contributed by atoms with Gasteiger partial charge in [-0.25, -0.2) is 0 Å². The Hall–Kier alpha value is -0.220. The molecule has 0 aliphatic rings. The summed E-state index contributed by atoms with van der Waals surface area (Å²) in [5.41, 5.74) is 0. The number of carbonyl (C=O) groups is 1. The van der Waals surface area contributed by atoms with Crippen LogP contribution in [-0.4, -0.2) is 37.0 Å². The average Bonchev–Trinajstić information content (AvgIpc) is 2.21. The van der Waals surface area contributed by atoms with E-state index in [-0.39, 0.29) is 11.9 Å². The van der Waals surface area contributed by atoms with Gasteiger partial charge in [0.15, 0.2) is 0 Å². The van der Waals surface area contributed by atoms with Gasteiger partial charge in [-0.2, -0.15) is 11.8 Å². The lowest BCUT2D eigenvalue weighted by atomic mass is 10.3. The summed E-state index contributed by atoms with van der Waals surface area (Å²) in [6.45, 7) is 5.04. The van der Waals surface area contributed by atoms with Crippen LogP contribution in [0.4, 0.5) is 0 Å². The van der Waals surface area contributed by atoms with Crippen molar-refractivity contribution in [3.63, 3.8) is 0 Å². The van der Waals surface area contributed by atoms with Crippen LogP contribution < -0.4 is 10.6 Å². The summed E-state index contributed by atoms with van der Waals surface area (Å²) < 4.78 is 0. The molecule has 0 aliphatic carbocycles. The minimum Gasteiger partial charge on any atom is -0.358 e. The SMILES string of the molecule is CCCCSCC(NCC)C(=O)NC. The van der Waals surface area contributed by atoms with Gasteiger partial charge in [0.1, 0.15) is 0 Å². The second-order valence-electron chi connectivity index (χ2n) is 3.15. The van der Waals surface area contributed by atoms with Gasteiger partial charge in [-0.05, 0) is 18.7 Å². The smallest absolute Gasteiger partial charge is 0.237 e. The third kappa shape index (κ3) is 6.27. The number of likely N-dealkylation sites (N-methyl/N-ethyl adjacent to an activating group) is 2. The lowest BCUT2D eigenvalue weighted by Crippen LogP contribution is -2.44. The monoisotopic (exact) mass is 218 g/mol. The summed E-state index contributed by atoms with van der Waals surface area (Å²) in [6.07, 6.45) is 2.45. The van der Waals surface area contributed by atoms with E-state index >= 15 is 0 Å². The average molecular weight is 218 g/mol. The number of unbranched alkanes of at least 4 members (excludes halogenated alkanes) is 1. The van der Waals surface area contributed by atoms with E-state index in [1.807, 2.05) is 18.7 Å². The molecule has 0 fully saturated rings. The number of thioether (sulfide) groups is 1. The number of hydrogen-bond donors (Lipinski definition) is 2. The predicted octanol–water partition coefficient (Wildman–Crippen LogP) is 1.24. The van der Waals surface area contributed by atoms with Crippen LogP contribution in [0.15, 0.2) is 0 Å². The number of amides is 1. The first-order valence-electron chi connectivity index (χ1n) is 5.28. The van der Waals surface area contributed by atoms with E-state index in [1.165, 1.54) is 12.8 Å². The fourth-order valence-electron chi connectivity index (χ4n) is 1.10. The number of carbonyl (C=O) groups excluding carboxylic acids is 1. The summed E-state index contributed by atoms with van der Waals surface area (Å²) in [5, 5.41) is 5.85. The molecule has 14 heavy (non-hydrogen) atoms. The highest BCUT2D eigenvalue weighted by molar-refractivity contribution is 7.99. The molecule has 0 aromatic heterocycles. The molecule has 0 aliphatic heterocycles. The second-order valence-corrected chi connectivity index (χ2v) is 4.30. The molecule has 0 aromatic carbocycles. The number of nitrogens with one attached hydrogen (secondary N) is 2. The Labute approximate surface area is 91.4 Å². The van der Waals surface area contributed by atoms with Crippen molar-refractivity contribution in [2.24, 2.45) is 0 Å². The van der Waals surface area contributed by atoms with E-state index in [2.05, 4.69) is 17.6 Å². The molecule has 0 spiro atoms. The van der Waals surface area contributed by atoms with Crippen molar-refractivity contribution in [3.8, 4) is 0 Å². The number of hydrogen-bond acceptors (Lipinski definition) is 3. The largest absolute Gasteiger partial charge is 0.358 e. The van der Waals surface area contributed by atoms with Crippen LogP contribution in [-0.2, 0) is 4.79 Å². The molecule has 0 rings (SSSR count). The molecule has 1 amide bonds. The van der Waals surface area contributed by atoms with Gasteiger partial charge in [-0.15, -0.1) is 0 Å². The van der Waals surface area contributed by atoms with Gasteiger partial charge in [0.05, 0.1) is 6.04 Å². The summed E-state index contributed by atoms with van der Waals surface area (Å²) in [4.78, 5) is 11.4. The zero-order chi connectivity index (χ0) is 10.8. The van der Waals surface area contributed by atoms with E-state index < -0.39 is 0 Å². The Morgan fingerprint density at radius 3 is 2.64 bits per heavy atom. The summed E-state index contributed by atoms with van der Waals surface area (Å²) in [6, 6.07) is -0.0353. The topological polar surface area (TPSA) is 41.1 Å². The highest BCUT2D eigenvalue weighted by Crippen LogP contribution is 2.06. The fraction of sp³-hybridized carbons (Fsp3) is 0.900. The zero-order valence-corrected chi connectivity index (χ0v) is 10.2. The van der Waals surface area contributed by atoms with Crippen molar-refractivity contribution < 1.29 is 4.79 Å². The highest BCUT2D eigenvalue weighted by Gasteiger charge is 2.14. The van der Waals surface area contributed by atoms with Crippen LogP contribution in [0.2, 0.25) is 0 Å². The van der Waals surface area contributed by atoms with Crippen LogP contribution in [0.1, 0.15) is 26.7 Å². The van der Waals surface area contributed by atoms with Crippen molar-refractivity contribution in [3.05, 3.63) is 0 Å². The van der Waals surface area contributed by atoms with E-state index in [0.717, 1.165) is 18.1 Å². The maximum Gasteiger partial charge on any atom is 0.237 e. The van der Waals surface area contributed by atoms with Gasteiger partial charge in [-0.1, -0.05) is 20.3 Å². The Morgan fingerprint density at radius 1 is 1.43 bits per heavy atom. The maximum absolute atomic E-state index is 11.4. The molecule has 0 radical (unpaired) electrons. The van der Waals surface area contributed by atoms with E-state index in [9.17, 15) is 4.79 Å². The van der Waals surface area contributed by atoms with Gasteiger partial charge in [0, 0.05) is 12.8 Å². The first-order valence-corrected chi connectivity index (χ1v) is 6.44. The summed E-state index contributed by atoms with van der Waals surface area (Å²) in [5.74, 6) is 2.11. The lowest BCUT2D eigenvalue weighted by Gasteiger charge is -2.15. The van der Waals surface area contributed by atoms with Crippen molar-refractivity contribution in [1.82, 2.24) is 10.6 Å². The van der Waals surface area contributed by atoms with Crippen molar-refractivity contribution in [2.45, 2.75) is 32.7 Å². The van der Waals surface area contributed by atoms with Gasteiger partial charge < -0.3 is 10.6 Å². The van der Waals surface area contributed by atoms with Crippen molar-refractivity contribution >= 4 is 17.7 Å². The Bertz CT molecular complexity index is 153. The van der Waals surface area contributed by atoms with E-state index in [0.29, 0.717) is 0 Å². The van der Waals surface area contributed by atoms with Crippen LogP contribution >= 0.6 is 11.8 Å². The van der Waals surface area contributed by atoms with Crippen LogP contribution in [0.3, 0.4) is 0 Å². The standard InChI is InChI=1S/C10H22N2OS/c1-4-6-7-14-8-9(12-5-2)10(13)11-3/h9,12H,4-8H2,1-3H3,(H,11,13).